The second-order valence-corrected chi connectivity index (χ2v) is 7.34. The van der Waals surface area contributed by atoms with Crippen molar-refractivity contribution >= 4 is 23.3 Å². The van der Waals surface area contributed by atoms with Crippen molar-refractivity contribution in [3.8, 4) is 11.5 Å². The van der Waals surface area contributed by atoms with Crippen molar-refractivity contribution in [1.29, 1.82) is 0 Å². The van der Waals surface area contributed by atoms with E-state index in [-0.39, 0.29) is 5.91 Å². The highest BCUT2D eigenvalue weighted by Gasteiger charge is 2.22. The third-order valence-corrected chi connectivity index (χ3v) is 5.46. The van der Waals surface area contributed by atoms with Gasteiger partial charge < -0.3 is 19.3 Å². The van der Waals surface area contributed by atoms with E-state index in [1.807, 2.05) is 29.2 Å². The Bertz CT molecular complexity index is 728. The maximum atomic E-state index is 12.5. The summed E-state index contributed by atoms with van der Waals surface area (Å²) in [6.45, 7) is 4.63. The molecular formula is C20H25N2O3S+. The van der Waals surface area contributed by atoms with E-state index in [0.717, 1.165) is 38.3 Å². The molecule has 2 aromatic rings. The summed E-state index contributed by atoms with van der Waals surface area (Å²) in [5, 5.41) is 2.12. The molecule has 0 radical (unpaired) electrons. The van der Waals surface area contributed by atoms with Crippen LogP contribution < -0.4 is 14.4 Å². The highest BCUT2D eigenvalue weighted by atomic mass is 32.1. The van der Waals surface area contributed by atoms with E-state index < -0.39 is 0 Å². The average molecular weight is 373 g/mol. The molecule has 1 saturated heterocycles. The Balaban J connectivity index is 1.54. The number of rotatable bonds is 6. The second-order valence-electron chi connectivity index (χ2n) is 6.31. The van der Waals surface area contributed by atoms with Gasteiger partial charge in [0.2, 0.25) is 5.91 Å². The maximum absolute atomic E-state index is 12.5. The standard InChI is InChI=1S/C20H24N2O3S/c1-24-17-12-16(13-18(14-17)25-2)5-6-20(23)22-9-7-21(8-10-22)15-19-4-3-11-26-19/h3-6,11-14H,7-10,15H2,1-2H3/p+1/b6-5+. The SMILES string of the molecule is COc1cc(/C=C/C(=O)N2CC[NH+](Cc3cccs3)CC2)cc(OC)c1. The molecule has 6 heteroatoms. The van der Waals surface area contributed by atoms with E-state index >= 15 is 0 Å². The first kappa shape index (κ1) is 18.5. The monoisotopic (exact) mass is 373 g/mol. The van der Waals surface area contributed by atoms with Crippen molar-refractivity contribution in [2.75, 3.05) is 40.4 Å². The summed E-state index contributed by atoms with van der Waals surface area (Å²) < 4.78 is 10.5. The smallest absolute Gasteiger partial charge is 0.246 e. The molecule has 1 aromatic carbocycles. The van der Waals surface area contributed by atoms with E-state index in [4.69, 9.17) is 9.47 Å². The summed E-state index contributed by atoms with van der Waals surface area (Å²) in [6, 6.07) is 9.86. The number of quaternary nitrogens is 1. The number of nitrogens with one attached hydrogen (secondary N) is 1. The minimum atomic E-state index is 0.0574. The molecule has 0 unspecified atom stereocenters. The van der Waals surface area contributed by atoms with Gasteiger partial charge in [-0.2, -0.15) is 0 Å². The van der Waals surface area contributed by atoms with Gasteiger partial charge in [-0.1, -0.05) is 6.07 Å². The van der Waals surface area contributed by atoms with Gasteiger partial charge in [-0.3, -0.25) is 4.79 Å². The van der Waals surface area contributed by atoms with E-state index in [2.05, 4.69) is 17.5 Å². The second kappa shape index (κ2) is 8.87. The Morgan fingerprint density at radius 3 is 2.46 bits per heavy atom. The molecule has 1 amide bonds. The zero-order chi connectivity index (χ0) is 18.4. The van der Waals surface area contributed by atoms with Crippen LogP contribution in [-0.2, 0) is 11.3 Å². The summed E-state index contributed by atoms with van der Waals surface area (Å²) in [7, 11) is 3.23. The lowest BCUT2D eigenvalue weighted by Gasteiger charge is -2.31. The van der Waals surface area contributed by atoms with Gasteiger partial charge in [-0.15, -0.1) is 11.3 Å². The summed E-state index contributed by atoms with van der Waals surface area (Å²) >= 11 is 1.80. The Hall–Kier alpha value is -2.31. The molecule has 1 N–H and O–H groups in total. The van der Waals surface area contributed by atoms with Crippen molar-refractivity contribution in [2.45, 2.75) is 6.54 Å². The van der Waals surface area contributed by atoms with Crippen LogP contribution in [0.25, 0.3) is 6.08 Å². The molecule has 3 rings (SSSR count). The van der Waals surface area contributed by atoms with Gasteiger partial charge in [0.05, 0.1) is 45.3 Å². The number of methoxy groups -OCH3 is 2. The van der Waals surface area contributed by atoms with Crippen LogP contribution in [0.15, 0.2) is 41.8 Å². The van der Waals surface area contributed by atoms with Gasteiger partial charge in [-0.05, 0) is 35.2 Å². The number of carbonyl (C=O) groups is 1. The molecule has 5 nitrogen and oxygen atoms in total. The number of ether oxygens (including phenoxy) is 2. The van der Waals surface area contributed by atoms with Crippen LogP contribution in [0.5, 0.6) is 11.5 Å². The fourth-order valence-corrected chi connectivity index (χ4v) is 3.85. The van der Waals surface area contributed by atoms with Crippen LogP contribution in [0.4, 0.5) is 0 Å². The molecule has 1 aliphatic heterocycles. The average Bonchev–Trinajstić information content (AvgIpc) is 3.19. The first-order valence-electron chi connectivity index (χ1n) is 8.74. The summed E-state index contributed by atoms with van der Waals surface area (Å²) in [6.07, 6.45) is 3.46. The molecule has 0 bridgehead atoms. The number of piperazine rings is 1. The van der Waals surface area contributed by atoms with Crippen molar-refractivity contribution in [3.05, 3.63) is 52.2 Å². The zero-order valence-electron chi connectivity index (χ0n) is 15.2. The Morgan fingerprint density at radius 2 is 1.88 bits per heavy atom. The molecule has 0 saturated carbocycles. The molecule has 1 fully saturated rings. The number of carbonyl (C=O) groups excluding carboxylic acids is 1. The van der Waals surface area contributed by atoms with Crippen LogP contribution in [0.1, 0.15) is 10.4 Å². The summed E-state index contributed by atoms with van der Waals surface area (Å²) in [5.41, 5.74) is 0.886. The van der Waals surface area contributed by atoms with Gasteiger partial charge in [-0.25, -0.2) is 0 Å². The Morgan fingerprint density at radius 1 is 1.19 bits per heavy atom. The van der Waals surface area contributed by atoms with Crippen molar-refractivity contribution in [2.24, 2.45) is 0 Å². The third kappa shape index (κ3) is 4.86. The topological polar surface area (TPSA) is 43.2 Å². The fraction of sp³-hybridized carbons (Fsp3) is 0.350. The Labute approximate surface area is 158 Å². The minimum Gasteiger partial charge on any atom is -0.497 e. The van der Waals surface area contributed by atoms with Crippen LogP contribution >= 0.6 is 11.3 Å². The van der Waals surface area contributed by atoms with Crippen molar-refractivity contribution in [3.63, 3.8) is 0 Å². The predicted octanol–water partition coefficient (Wildman–Crippen LogP) is 1.71. The highest BCUT2D eigenvalue weighted by Crippen LogP contribution is 2.23. The quantitative estimate of drug-likeness (QED) is 0.784. The van der Waals surface area contributed by atoms with E-state index in [9.17, 15) is 4.79 Å². The lowest BCUT2D eigenvalue weighted by atomic mass is 10.2. The Kier molecular flexibility index (Phi) is 6.30. The van der Waals surface area contributed by atoms with Gasteiger partial charge in [0.15, 0.2) is 0 Å². The molecule has 1 aliphatic rings. The number of thiophene rings is 1. The van der Waals surface area contributed by atoms with Crippen LogP contribution in [0.2, 0.25) is 0 Å². The normalized spacial score (nSPS) is 15.4. The van der Waals surface area contributed by atoms with Gasteiger partial charge in [0.1, 0.15) is 18.0 Å². The first-order chi connectivity index (χ1) is 12.7. The number of amides is 1. The van der Waals surface area contributed by atoms with Crippen LogP contribution in [0, 0.1) is 0 Å². The van der Waals surface area contributed by atoms with Gasteiger partial charge in [0.25, 0.3) is 0 Å². The predicted molar refractivity (Wildman–Crippen MR) is 104 cm³/mol. The number of benzene rings is 1. The van der Waals surface area contributed by atoms with Gasteiger partial charge in [0, 0.05) is 12.1 Å². The molecule has 1 aromatic heterocycles. The van der Waals surface area contributed by atoms with Crippen molar-refractivity contribution in [1.82, 2.24) is 4.90 Å². The van der Waals surface area contributed by atoms with E-state index in [1.165, 1.54) is 9.78 Å². The largest absolute Gasteiger partial charge is 0.497 e. The van der Waals surface area contributed by atoms with Crippen LogP contribution in [-0.4, -0.2) is 51.2 Å². The molecular weight excluding hydrogens is 348 g/mol. The number of hydrogen-bond acceptors (Lipinski definition) is 4. The maximum Gasteiger partial charge on any atom is 0.246 e. The molecule has 138 valence electrons. The highest BCUT2D eigenvalue weighted by molar-refractivity contribution is 7.09. The van der Waals surface area contributed by atoms with E-state index in [0.29, 0.717) is 11.5 Å². The molecule has 26 heavy (non-hydrogen) atoms. The third-order valence-electron chi connectivity index (χ3n) is 4.58. The van der Waals surface area contributed by atoms with Crippen molar-refractivity contribution < 1.29 is 19.2 Å². The van der Waals surface area contributed by atoms with Crippen LogP contribution in [0.3, 0.4) is 0 Å². The zero-order valence-corrected chi connectivity index (χ0v) is 16.1. The molecule has 0 aliphatic carbocycles. The minimum absolute atomic E-state index is 0.0574. The molecule has 0 atom stereocenters. The summed E-state index contributed by atoms with van der Waals surface area (Å²) in [4.78, 5) is 17.3. The van der Waals surface area contributed by atoms with Gasteiger partial charge >= 0.3 is 0 Å². The lowest BCUT2D eigenvalue weighted by Crippen LogP contribution is -3.13. The number of nitrogens with zero attached hydrogens (tertiary/aromatic N) is 1. The molecule has 0 spiro atoms. The molecule has 2 heterocycles. The fourth-order valence-electron chi connectivity index (χ4n) is 3.08. The summed E-state index contributed by atoms with van der Waals surface area (Å²) in [5.74, 6) is 1.48. The van der Waals surface area contributed by atoms with E-state index in [1.54, 1.807) is 31.6 Å². The lowest BCUT2D eigenvalue weighted by molar-refractivity contribution is -0.917. The number of hydrogen-bond donors (Lipinski definition) is 1. The first-order valence-corrected chi connectivity index (χ1v) is 9.62.